The van der Waals surface area contributed by atoms with Gasteiger partial charge >= 0.3 is 0 Å². The zero-order valence-corrected chi connectivity index (χ0v) is 17.2. The zero-order valence-electron chi connectivity index (χ0n) is 17.2. The standard InChI is InChI=1S/C25H23N3O3/c1-3-15-31-20-12-10-18(16-21(20)30-2)23(28-22-8-4-5-13-26-22)19-11-9-17-7-6-14-27-24(17)25(19)29/h3-14,16,23,29H,1,15H2,2H3,(H,26,28). The molecular formula is C25H23N3O3. The van der Waals surface area contributed by atoms with E-state index >= 15 is 0 Å². The lowest BCUT2D eigenvalue weighted by molar-refractivity contribution is 0.326. The number of methoxy groups -OCH3 is 1. The number of hydrogen-bond acceptors (Lipinski definition) is 6. The van der Waals surface area contributed by atoms with Gasteiger partial charge in [0.1, 0.15) is 23.7 Å². The minimum Gasteiger partial charge on any atom is -0.505 e. The fourth-order valence-electron chi connectivity index (χ4n) is 3.45. The first-order chi connectivity index (χ1) is 15.2. The summed E-state index contributed by atoms with van der Waals surface area (Å²) in [5.74, 6) is 2.01. The van der Waals surface area contributed by atoms with E-state index in [-0.39, 0.29) is 5.75 Å². The number of hydrogen-bond donors (Lipinski definition) is 2. The summed E-state index contributed by atoms with van der Waals surface area (Å²) in [6, 6.07) is 18.5. The summed E-state index contributed by atoms with van der Waals surface area (Å²) in [6.07, 6.45) is 5.06. The fraction of sp³-hybridized carbons (Fsp3) is 0.120. The summed E-state index contributed by atoms with van der Waals surface area (Å²) in [7, 11) is 1.60. The molecule has 31 heavy (non-hydrogen) atoms. The maximum absolute atomic E-state index is 11.1. The summed E-state index contributed by atoms with van der Waals surface area (Å²) >= 11 is 0. The lowest BCUT2D eigenvalue weighted by Gasteiger charge is -2.23. The number of rotatable bonds is 8. The van der Waals surface area contributed by atoms with E-state index in [1.807, 2.05) is 60.7 Å². The number of nitrogens with one attached hydrogen (secondary N) is 1. The van der Waals surface area contributed by atoms with Crippen molar-refractivity contribution in [2.75, 3.05) is 19.0 Å². The number of fused-ring (bicyclic) bond motifs is 1. The molecule has 0 aliphatic carbocycles. The van der Waals surface area contributed by atoms with Crippen molar-refractivity contribution >= 4 is 16.7 Å². The van der Waals surface area contributed by atoms with Gasteiger partial charge in [0.25, 0.3) is 0 Å². The van der Waals surface area contributed by atoms with Crippen LogP contribution in [0, 0.1) is 0 Å². The Morgan fingerprint density at radius 3 is 2.68 bits per heavy atom. The molecule has 0 amide bonds. The molecule has 1 unspecified atom stereocenters. The van der Waals surface area contributed by atoms with E-state index in [1.165, 1.54) is 0 Å². The molecule has 0 aliphatic heterocycles. The molecule has 2 aromatic heterocycles. The van der Waals surface area contributed by atoms with E-state index in [9.17, 15) is 5.11 Å². The normalized spacial score (nSPS) is 11.6. The Bertz CT molecular complexity index is 1200. The second-order valence-corrected chi connectivity index (χ2v) is 6.88. The van der Waals surface area contributed by atoms with Crippen molar-refractivity contribution in [3.8, 4) is 17.2 Å². The molecular weight excluding hydrogens is 390 g/mol. The second kappa shape index (κ2) is 9.17. The van der Waals surface area contributed by atoms with Crippen molar-refractivity contribution in [1.29, 1.82) is 0 Å². The Kier molecular flexibility index (Phi) is 5.98. The van der Waals surface area contributed by atoms with Gasteiger partial charge in [-0.3, -0.25) is 4.98 Å². The molecule has 2 N–H and O–H groups in total. The van der Waals surface area contributed by atoms with E-state index < -0.39 is 6.04 Å². The van der Waals surface area contributed by atoms with Crippen LogP contribution in [0.4, 0.5) is 5.82 Å². The van der Waals surface area contributed by atoms with Crippen LogP contribution in [0.15, 0.2) is 85.7 Å². The molecule has 4 aromatic rings. The third kappa shape index (κ3) is 4.28. The van der Waals surface area contributed by atoms with Gasteiger partial charge in [0.15, 0.2) is 11.5 Å². The van der Waals surface area contributed by atoms with Crippen LogP contribution >= 0.6 is 0 Å². The number of anilines is 1. The van der Waals surface area contributed by atoms with Crippen LogP contribution in [0.25, 0.3) is 10.9 Å². The number of nitrogens with zero attached hydrogens (tertiary/aromatic N) is 2. The first-order valence-electron chi connectivity index (χ1n) is 9.87. The highest BCUT2D eigenvalue weighted by Gasteiger charge is 2.22. The van der Waals surface area contributed by atoms with Gasteiger partial charge in [-0.15, -0.1) is 0 Å². The number of pyridine rings is 2. The number of ether oxygens (including phenoxy) is 2. The largest absolute Gasteiger partial charge is 0.505 e. The van der Waals surface area contributed by atoms with Crippen LogP contribution in [0.2, 0.25) is 0 Å². The van der Waals surface area contributed by atoms with Gasteiger partial charge in [-0.25, -0.2) is 4.98 Å². The highest BCUT2D eigenvalue weighted by Crippen LogP contribution is 2.39. The third-order valence-electron chi connectivity index (χ3n) is 4.92. The molecule has 0 spiro atoms. The first-order valence-corrected chi connectivity index (χ1v) is 9.87. The van der Waals surface area contributed by atoms with Crippen molar-refractivity contribution < 1.29 is 14.6 Å². The van der Waals surface area contributed by atoms with E-state index in [2.05, 4.69) is 21.9 Å². The Hall–Kier alpha value is -4.06. The van der Waals surface area contributed by atoms with Gasteiger partial charge < -0.3 is 19.9 Å². The number of phenols is 1. The van der Waals surface area contributed by atoms with Crippen LogP contribution in [-0.4, -0.2) is 28.8 Å². The number of phenolic OH excluding ortho intramolecular Hbond substituents is 1. The second-order valence-electron chi connectivity index (χ2n) is 6.88. The van der Waals surface area contributed by atoms with Crippen LogP contribution < -0.4 is 14.8 Å². The number of benzene rings is 2. The lowest BCUT2D eigenvalue weighted by Crippen LogP contribution is -2.14. The van der Waals surface area contributed by atoms with E-state index in [1.54, 1.807) is 25.6 Å². The SMILES string of the molecule is C=CCOc1ccc(C(Nc2ccccn2)c2ccc3cccnc3c2O)cc1OC. The van der Waals surface area contributed by atoms with Crippen molar-refractivity contribution in [2.45, 2.75) is 6.04 Å². The Labute approximate surface area is 180 Å². The zero-order chi connectivity index (χ0) is 21.6. The molecule has 6 heteroatoms. The van der Waals surface area contributed by atoms with Crippen molar-refractivity contribution in [2.24, 2.45) is 0 Å². The highest BCUT2D eigenvalue weighted by atomic mass is 16.5. The summed E-state index contributed by atoms with van der Waals surface area (Å²) in [5.41, 5.74) is 2.10. The van der Waals surface area contributed by atoms with E-state index in [4.69, 9.17) is 9.47 Å². The van der Waals surface area contributed by atoms with E-state index in [0.29, 0.717) is 35.0 Å². The average molecular weight is 413 g/mol. The van der Waals surface area contributed by atoms with Gasteiger partial charge in [0.2, 0.25) is 0 Å². The molecule has 0 radical (unpaired) electrons. The monoisotopic (exact) mass is 413 g/mol. The van der Waals surface area contributed by atoms with Crippen molar-refractivity contribution in [3.05, 3.63) is 96.8 Å². The molecule has 0 bridgehead atoms. The van der Waals surface area contributed by atoms with Gasteiger partial charge in [-0.1, -0.05) is 43.0 Å². The Morgan fingerprint density at radius 2 is 1.90 bits per heavy atom. The smallest absolute Gasteiger partial charge is 0.161 e. The molecule has 2 heterocycles. The van der Waals surface area contributed by atoms with E-state index in [0.717, 1.165) is 10.9 Å². The average Bonchev–Trinajstić information content (AvgIpc) is 2.82. The Morgan fingerprint density at radius 1 is 1.03 bits per heavy atom. The van der Waals surface area contributed by atoms with Crippen LogP contribution in [0.1, 0.15) is 17.2 Å². The highest BCUT2D eigenvalue weighted by molar-refractivity contribution is 5.86. The van der Waals surface area contributed by atoms with Gasteiger partial charge in [0, 0.05) is 23.3 Å². The summed E-state index contributed by atoms with van der Waals surface area (Å²) in [4.78, 5) is 8.75. The number of aromatic hydroxyl groups is 1. The summed E-state index contributed by atoms with van der Waals surface area (Å²) in [5, 5.41) is 15.4. The Balaban J connectivity index is 1.82. The molecule has 0 saturated heterocycles. The molecule has 2 aromatic carbocycles. The van der Waals surface area contributed by atoms with Crippen molar-refractivity contribution in [1.82, 2.24) is 9.97 Å². The number of aromatic nitrogens is 2. The predicted molar refractivity (Wildman–Crippen MR) is 122 cm³/mol. The van der Waals surface area contributed by atoms with Gasteiger partial charge in [0.05, 0.1) is 13.2 Å². The van der Waals surface area contributed by atoms with Crippen molar-refractivity contribution in [3.63, 3.8) is 0 Å². The lowest BCUT2D eigenvalue weighted by atomic mass is 9.95. The molecule has 0 fully saturated rings. The molecule has 1 atom stereocenters. The first kappa shape index (κ1) is 20.2. The van der Waals surface area contributed by atoms with Crippen LogP contribution in [0.3, 0.4) is 0 Å². The van der Waals surface area contributed by atoms with Gasteiger partial charge in [-0.2, -0.15) is 0 Å². The topological polar surface area (TPSA) is 76.5 Å². The summed E-state index contributed by atoms with van der Waals surface area (Å²) in [6.45, 7) is 4.06. The molecule has 156 valence electrons. The molecule has 6 nitrogen and oxygen atoms in total. The molecule has 0 saturated carbocycles. The molecule has 4 rings (SSSR count). The van der Waals surface area contributed by atoms with Gasteiger partial charge in [-0.05, 0) is 35.9 Å². The minimum absolute atomic E-state index is 0.123. The predicted octanol–water partition coefficient (Wildman–Crippen LogP) is 5.11. The summed E-state index contributed by atoms with van der Waals surface area (Å²) < 4.78 is 11.2. The van der Waals surface area contributed by atoms with Crippen LogP contribution in [0.5, 0.6) is 17.2 Å². The quantitative estimate of drug-likeness (QED) is 0.391. The minimum atomic E-state index is -0.399. The fourth-order valence-corrected chi connectivity index (χ4v) is 3.45. The molecule has 0 aliphatic rings. The maximum Gasteiger partial charge on any atom is 0.161 e. The third-order valence-corrected chi connectivity index (χ3v) is 4.92. The van der Waals surface area contributed by atoms with Crippen LogP contribution in [-0.2, 0) is 0 Å². The maximum atomic E-state index is 11.1.